The van der Waals surface area contributed by atoms with Crippen molar-refractivity contribution in [3.05, 3.63) is 57.5 Å². The van der Waals surface area contributed by atoms with Crippen molar-refractivity contribution in [2.24, 2.45) is 0 Å². The van der Waals surface area contributed by atoms with Crippen LogP contribution in [-0.4, -0.2) is 65.3 Å². The third-order valence-electron chi connectivity index (χ3n) is 5.32. The Morgan fingerprint density at radius 2 is 1.72 bits per heavy atom. The first-order valence-corrected chi connectivity index (χ1v) is 12.1. The molecule has 0 bridgehead atoms. The van der Waals surface area contributed by atoms with Gasteiger partial charge in [0.05, 0.1) is 10.3 Å². The quantitative estimate of drug-likeness (QED) is 0.601. The first-order chi connectivity index (χ1) is 15.2. The third-order valence-corrected chi connectivity index (χ3v) is 8.04. The Bertz CT molecular complexity index is 1350. The third kappa shape index (κ3) is 4.04. The molecular weight excluding hydrogens is 454 g/mol. The Kier molecular flexibility index (Phi) is 5.84. The van der Waals surface area contributed by atoms with Gasteiger partial charge in [-0.3, -0.25) is 19.8 Å². The average molecular weight is 476 g/mol. The SMILES string of the molecule is CC(=O)N1CCN(S(=O)(=O)c2ccc(C(=O)Nn3c(C)nc4sccc4c3=O)cc2)CC1. The number of thiophene rings is 1. The van der Waals surface area contributed by atoms with Gasteiger partial charge in [-0.2, -0.15) is 4.31 Å². The summed E-state index contributed by atoms with van der Waals surface area (Å²) in [6.07, 6.45) is 0. The Labute approximate surface area is 188 Å². The summed E-state index contributed by atoms with van der Waals surface area (Å²) < 4.78 is 28.2. The minimum atomic E-state index is -3.74. The Hall–Kier alpha value is -3.09. The van der Waals surface area contributed by atoms with Gasteiger partial charge in [-0.25, -0.2) is 18.1 Å². The zero-order valence-corrected chi connectivity index (χ0v) is 19.1. The number of aromatic nitrogens is 2. The van der Waals surface area contributed by atoms with Crippen LogP contribution in [-0.2, 0) is 14.8 Å². The van der Waals surface area contributed by atoms with Gasteiger partial charge < -0.3 is 4.90 Å². The zero-order valence-electron chi connectivity index (χ0n) is 17.4. The van der Waals surface area contributed by atoms with Gasteiger partial charge in [-0.05, 0) is 42.6 Å². The molecule has 3 aromatic rings. The maximum Gasteiger partial charge on any atom is 0.281 e. The number of hydrogen-bond acceptors (Lipinski definition) is 7. The summed E-state index contributed by atoms with van der Waals surface area (Å²) >= 11 is 1.34. The second-order valence-electron chi connectivity index (χ2n) is 7.31. The molecule has 12 heteroatoms. The molecule has 1 fully saturated rings. The second-order valence-corrected chi connectivity index (χ2v) is 10.1. The number of carbonyl (C=O) groups is 2. The number of carbonyl (C=O) groups excluding carboxylic acids is 2. The number of hydrogen-bond donors (Lipinski definition) is 1. The zero-order chi connectivity index (χ0) is 23.0. The smallest absolute Gasteiger partial charge is 0.281 e. The molecule has 168 valence electrons. The molecule has 0 unspecified atom stereocenters. The molecule has 1 aliphatic heterocycles. The molecule has 2 aromatic heterocycles. The molecule has 10 nitrogen and oxygen atoms in total. The Balaban J connectivity index is 1.51. The standard InChI is InChI=1S/C20H21N5O5S2/c1-13-21-19-17(7-12-31-19)20(28)25(13)22-18(27)15-3-5-16(6-4-15)32(29,30)24-10-8-23(9-11-24)14(2)26/h3-7,12H,8-11H2,1-2H3,(H,22,27). The van der Waals surface area contributed by atoms with E-state index in [-0.39, 0.29) is 35.0 Å². The van der Waals surface area contributed by atoms with Crippen molar-refractivity contribution in [1.82, 2.24) is 18.9 Å². The van der Waals surface area contributed by atoms with Crippen LogP contribution in [0.25, 0.3) is 10.2 Å². The van der Waals surface area contributed by atoms with Gasteiger partial charge in [-0.15, -0.1) is 11.3 Å². The molecule has 2 amide bonds. The van der Waals surface area contributed by atoms with E-state index in [0.717, 1.165) is 4.68 Å². The molecule has 1 saturated heterocycles. The van der Waals surface area contributed by atoms with Crippen LogP contribution in [0.1, 0.15) is 23.1 Å². The molecule has 0 spiro atoms. The van der Waals surface area contributed by atoms with Crippen LogP contribution in [0, 0.1) is 6.92 Å². The van der Waals surface area contributed by atoms with Crippen LogP contribution < -0.4 is 11.0 Å². The van der Waals surface area contributed by atoms with E-state index in [1.54, 1.807) is 23.3 Å². The van der Waals surface area contributed by atoms with Gasteiger partial charge in [0.25, 0.3) is 11.5 Å². The molecule has 0 saturated carbocycles. The summed E-state index contributed by atoms with van der Waals surface area (Å²) in [6.45, 7) is 4.17. The average Bonchev–Trinajstić information content (AvgIpc) is 3.25. The van der Waals surface area contributed by atoms with E-state index in [0.29, 0.717) is 29.1 Å². The van der Waals surface area contributed by atoms with Crippen LogP contribution in [0.2, 0.25) is 0 Å². The first-order valence-electron chi connectivity index (χ1n) is 9.82. The summed E-state index contributed by atoms with van der Waals surface area (Å²) in [5.41, 5.74) is 2.34. The van der Waals surface area contributed by atoms with E-state index >= 15 is 0 Å². The Morgan fingerprint density at radius 3 is 2.34 bits per heavy atom. The molecule has 0 atom stereocenters. The normalized spacial score (nSPS) is 15.1. The second kappa shape index (κ2) is 8.45. The highest BCUT2D eigenvalue weighted by Crippen LogP contribution is 2.19. The fraction of sp³-hybridized carbons (Fsp3) is 0.300. The molecule has 4 rings (SSSR count). The topological polar surface area (TPSA) is 122 Å². The summed E-state index contributed by atoms with van der Waals surface area (Å²) in [6, 6.07) is 7.15. The largest absolute Gasteiger partial charge is 0.340 e. The van der Waals surface area contributed by atoms with Gasteiger partial charge in [0.2, 0.25) is 15.9 Å². The summed E-state index contributed by atoms with van der Waals surface area (Å²) in [5.74, 6) is -0.312. The van der Waals surface area contributed by atoms with Crippen molar-refractivity contribution in [3.8, 4) is 0 Å². The van der Waals surface area contributed by atoms with Gasteiger partial charge in [0.15, 0.2) is 0 Å². The van der Waals surface area contributed by atoms with Crippen molar-refractivity contribution in [3.63, 3.8) is 0 Å². The van der Waals surface area contributed by atoms with Crippen molar-refractivity contribution in [2.75, 3.05) is 31.6 Å². The van der Waals surface area contributed by atoms with Gasteiger partial charge in [0.1, 0.15) is 10.7 Å². The molecular formula is C20H21N5O5S2. The lowest BCUT2D eigenvalue weighted by Gasteiger charge is -2.33. The summed E-state index contributed by atoms with van der Waals surface area (Å²) in [7, 11) is -3.74. The monoisotopic (exact) mass is 475 g/mol. The molecule has 1 aliphatic rings. The number of sulfonamides is 1. The van der Waals surface area contributed by atoms with Gasteiger partial charge in [-0.1, -0.05) is 0 Å². The maximum atomic E-state index is 12.9. The van der Waals surface area contributed by atoms with E-state index < -0.39 is 15.9 Å². The minimum absolute atomic E-state index is 0.0556. The molecule has 0 radical (unpaired) electrons. The van der Waals surface area contributed by atoms with Crippen LogP contribution in [0.3, 0.4) is 0 Å². The number of benzene rings is 1. The number of nitrogens with zero attached hydrogens (tertiary/aromatic N) is 4. The predicted octanol–water partition coefficient (Wildman–Crippen LogP) is 1.00. The number of fused-ring (bicyclic) bond motifs is 1. The van der Waals surface area contributed by atoms with Crippen molar-refractivity contribution < 1.29 is 18.0 Å². The first kappa shape index (κ1) is 22.1. The van der Waals surface area contributed by atoms with Crippen molar-refractivity contribution in [1.29, 1.82) is 0 Å². The van der Waals surface area contributed by atoms with Gasteiger partial charge in [0, 0.05) is 38.7 Å². The highest BCUT2D eigenvalue weighted by molar-refractivity contribution is 7.89. The molecule has 1 N–H and O–H groups in total. The van der Waals surface area contributed by atoms with E-state index in [1.165, 1.54) is 46.8 Å². The lowest BCUT2D eigenvalue weighted by atomic mass is 10.2. The molecule has 3 heterocycles. The van der Waals surface area contributed by atoms with E-state index in [1.807, 2.05) is 0 Å². The molecule has 32 heavy (non-hydrogen) atoms. The lowest BCUT2D eigenvalue weighted by Crippen LogP contribution is -2.49. The number of nitrogens with one attached hydrogen (secondary N) is 1. The van der Waals surface area contributed by atoms with Crippen molar-refractivity contribution >= 4 is 43.4 Å². The van der Waals surface area contributed by atoms with E-state index in [2.05, 4.69) is 10.4 Å². The number of rotatable bonds is 4. The summed E-state index contributed by atoms with van der Waals surface area (Å²) in [4.78, 5) is 43.3. The van der Waals surface area contributed by atoms with E-state index in [9.17, 15) is 22.8 Å². The van der Waals surface area contributed by atoms with Crippen LogP contribution in [0.4, 0.5) is 0 Å². The fourth-order valence-electron chi connectivity index (χ4n) is 3.48. The Morgan fingerprint density at radius 1 is 1.06 bits per heavy atom. The maximum absolute atomic E-state index is 12.9. The molecule has 0 aliphatic carbocycles. The van der Waals surface area contributed by atoms with Crippen LogP contribution >= 0.6 is 11.3 Å². The van der Waals surface area contributed by atoms with Crippen LogP contribution in [0.15, 0.2) is 45.4 Å². The van der Waals surface area contributed by atoms with E-state index in [4.69, 9.17) is 0 Å². The predicted molar refractivity (Wildman–Crippen MR) is 120 cm³/mol. The van der Waals surface area contributed by atoms with Gasteiger partial charge >= 0.3 is 0 Å². The number of amides is 2. The molecule has 1 aromatic carbocycles. The highest BCUT2D eigenvalue weighted by Gasteiger charge is 2.29. The summed E-state index contributed by atoms with van der Waals surface area (Å²) in [5, 5.41) is 2.16. The lowest BCUT2D eigenvalue weighted by molar-refractivity contribution is -0.129. The highest BCUT2D eigenvalue weighted by atomic mass is 32.2. The van der Waals surface area contributed by atoms with Crippen LogP contribution in [0.5, 0.6) is 0 Å². The fourth-order valence-corrected chi connectivity index (χ4v) is 5.71. The number of aryl methyl sites for hydroxylation is 1. The number of piperazine rings is 1. The minimum Gasteiger partial charge on any atom is -0.340 e. The van der Waals surface area contributed by atoms with Crippen molar-refractivity contribution in [2.45, 2.75) is 18.7 Å².